The quantitative estimate of drug-likeness (QED) is 0.784. The second-order valence-electron chi connectivity index (χ2n) is 4.76. The predicted octanol–water partition coefficient (Wildman–Crippen LogP) is 2.55. The van der Waals surface area contributed by atoms with Gasteiger partial charge in [-0.15, -0.1) is 5.10 Å². The number of ketones is 1. The molecule has 1 aromatic heterocycles. The van der Waals surface area contributed by atoms with E-state index < -0.39 is 0 Å². The number of nitrogens with zero attached hydrogens (tertiary/aromatic N) is 4. The number of Topliss-reactive ketones (excluding diaryl/α,β-unsaturated/α-hetero) is 1. The number of hydrogen-bond acceptors (Lipinski definition) is 5. The zero-order chi connectivity index (χ0) is 14.1. The van der Waals surface area contributed by atoms with Gasteiger partial charge in [0.2, 0.25) is 0 Å². The SMILES string of the molecule is CC(=O)c1ccc(Br)cc1OCc1nnnn1C1CC1. The van der Waals surface area contributed by atoms with Crippen molar-refractivity contribution in [1.82, 2.24) is 20.2 Å². The van der Waals surface area contributed by atoms with Gasteiger partial charge >= 0.3 is 0 Å². The van der Waals surface area contributed by atoms with E-state index in [1.807, 2.05) is 6.07 Å². The molecule has 0 radical (unpaired) electrons. The first-order valence-corrected chi connectivity index (χ1v) is 7.14. The Kier molecular flexibility index (Phi) is 3.52. The summed E-state index contributed by atoms with van der Waals surface area (Å²) < 4.78 is 8.39. The number of halogens is 1. The van der Waals surface area contributed by atoms with Gasteiger partial charge in [0.05, 0.1) is 11.6 Å². The maximum atomic E-state index is 11.6. The lowest BCUT2D eigenvalue weighted by molar-refractivity contribution is 0.101. The number of aromatic nitrogens is 4. The monoisotopic (exact) mass is 336 g/mol. The Morgan fingerprint density at radius 2 is 2.30 bits per heavy atom. The zero-order valence-electron chi connectivity index (χ0n) is 10.9. The van der Waals surface area contributed by atoms with Crippen LogP contribution in [0.4, 0.5) is 0 Å². The summed E-state index contributed by atoms with van der Waals surface area (Å²) in [7, 11) is 0. The number of benzene rings is 1. The molecule has 1 heterocycles. The van der Waals surface area contributed by atoms with Gasteiger partial charge in [-0.3, -0.25) is 4.79 Å². The first-order valence-electron chi connectivity index (χ1n) is 6.35. The number of ether oxygens (including phenoxy) is 1. The molecule has 1 aliphatic carbocycles. The third-order valence-electron chi connectivity index (χ3n) is 3.13. The van der Waals surface area contributed by atoms with Gasteiger partial charge in [-0.1, -0.05) is 15.9 Å². The predicted molar refractivity (Wildman–Crippen MR) is 74.6 cm³/mol. The molecular formula is C13H13BrN4O2. The van der Waals surface area contributed by atoms with Gasteiger partial charge < -0.3 is 4.74 Å². The third kappa shape index (κ3) is 2.72. The molecule has 7 heteroatoms. The summed E-state index contributed by atoms with van der Waals surface area (Å²) >= 11 is 3.38. The lowest BCUT2D eigenvalue weighted by atomic mass is 10.1. The van der Waals surface area contributed by atoms with Crippen molar-refractivity contribution < 1.29 is 9.53 Å². The third-order valence-corrected chi connectivity index (χ3v) is 3.63. The summed E-state index contributed by atoms with van der Waals surface area (Å²) in [5.41, 5.74) is 0.554. The van der Waals surface area contributed by atoms with Gasteiger partial charge in [0, 0.05) is 4.47 Å². The fraction of sp³-hybridized carbons (Fsp3) is 0.385. The highest BCUT2D eigenvalue weighted by molar-refractivity contribution is 9.10. The maximum absolute atomic E-state index is 11.6. The zero-order valence-corrected chi connectivity index (χ0v) is 12.5. The first kappa shape index (κ1) is 13.2. The molecule has 0 N–H and O–H groups in total. The van der Waals surface area contributed by atoms with Crippen LogP contribution in [0, 0.1) is 0 Å². The minimum atomic E-state index is -0.0331. The van der Waals surface area contributed by atoms with Crippen molar-refractivity contribution in [2.75, 3.05) is 0 Å². The van der Waals surface area contributed by atoms with Gasteiger partial charge in [-0.25, -0.2) is 4.68 Å². The molecule has 1 fully saturated rings. The van der Waals surface area contributed by atoms with Crippen molar-refractivity contribution in [1.29, 1.82) is 0 Å². The van der Waals surface area contributed by atoms with E-state index in [1.165, 1.54) is 6.92 Å². The summed E-state index contributed by atoms with van der Waals surface area (Å²) in [6.45, 7) is 1.77. The van der Waals surface area contributed by atoms with E-state index in [1.54, 1.807) is 16.8 Å². The largest absolute Gasteiger partial charge is 0.485 e. The fourth-order valence-corrected chi connectivity index (χ4v) is 2.30. The van der Waals surface area contributed by atoms with Crippen LogP contribution in [0.3, 0.4) is 0 Å². The van der Waals surface area contributed by atoms with E-state index >= 15 is 0 Å². The van der Waals surface area contributed by atoms with Crippen LogP contribution in [-0.4, -0.2) is 26.0 Å². The van der Waals surface area contributed by atoms with Gasteiger partial charge in [0.25, 0.3) is 0 Å². The molecule has 1 aromatic carbocycles. The molecule has 0 amide bonds. The van der Waals surface area contributed by atoms with Crippen molar-refractivity contribution in [2.45, 2.75) is 32.4 Å². The van der Waals surface area contributed by atoms with Crippen LogP contribution in [0.15, 0.2) is 22.7 Å². The minimum Gasteiger partial charge on any atom is -0.485 e. The highest BCUT2D eigenvalue weighted by Gasteiger charge is 2.27. The molecule has 1 aliphatic rings. The summed E-state index contributed by atoms with van der Waals surface area (Å²) in [5, 5.41) is 11.6. The Hall–Kier alpha value is -1.76. The summed E-state index contributed by atoms with van der Waals surface area (Å²) in [6, 6.07) is 5.74. The lowest BCUT2D eigenvalue weighted by Gasteiger charge is -2.10. The van der Waals surface area contributed by atoms with Gasteiger partial charge in [-0.05, 0) is 48.4 Å². The Labute approximate surface area is 124 Å². The van der Waals surface area contributed by atoms with Crippen LogP contribution >= 0.6 is 15.9 Å². The highest BCUT2D eigenvalue weighted by Crippen LogP contribution is 2.34. The minimum absolute atomic E-state index is 0.0331. The number of tetrazole rings is 1. The molecule has 20 heavy (non-hydrogen) atoms. The normalized spacial score (nSPS) is 14.3. The van der Waals surface area contributed by atoms with Crippen molar-refractivity contribution in [3.05, 3.63) is 34.1 Å². The topological polar surface area (TPSA) is 69.9 Å². The van der Waals surface area contributed by atoms with Crippen molar-refractivity contribution >= 4 is 21.7 Å². The van der Waals surface area contributed by atoms with E-state index in [2.05, 4.69) is 31.5 Å². The Bertz CT molecular complexity index is 652. The summed E-state index contributed by atoms with van der Waals surface area (Å²) in [4.78, 5) is 11.6. The Balaban J connectivity index is 1.79. The molecular weight excluding hydrogens is 324 g/mol. The molecule has 2 aromatic rings. The molecule has 0 spiro atoms. The molecule has 0 saturated heterocycles. The molecule has 0 aliphatic heterocycles. The van der Waals surface area contributed by atoms with E-state index in [0.717, 1.165) is 17.3 Å². The van der Waals surface area contributed by atoms with Crippen LogP contribution in [0.5, 0.6) is 5.75 Å². The molecule has 0 atom stereocenters. The molecule has 1 saturated carbocycles. The average molecular weight is 337 g/mol. The number of rotatable bonds is 5. The Morgan fingerprint density at radius 3 is 3.00 bits per heavy atom. The van der Waals surface area contributed by atoms with E-state index in [4.69, 9.17) is 4.74 Å². The molecule has 104 valence electrons. The van der Waals surface area contributed by atoms with Gasteiger partial charge in [0.15, 0.2) is 11.6 Å². The second kappa shape index (κ2) is 5.32. The van der Waals surface area contributed by atoms with Gasteiger partial charge in [-0.2, -0.15) is 0 Å². The van der Waals surface area contributed by atoms with Crippen molar-refractivity contribution in [3.8, 4) is 5.75 Å². The first-order chi connectivity index (χ1) is 9.65. The number of hydrogen-bond donors (Lipinski definition) is 0. The summed E-state index contributed by atoms with van der Waals surface area (Å²) in [6.07, 6.45) is 2.21. The highest BCUT2D eigenvalue weighted by atomic mass is 79.9. The van der Waals surface area contributed by atoms with Crippen LogP contribution < -0.4 is 4.74 Å². The van der Waals surface area contributed by atoms with E-state index in [0.29, 0.717) is 23.2 Å². The van der Waals surface area contributed by atoms with Crippen LogP contribution in [0.2, 0.25) is 0 Å². The van der Waals surface area contributed by atoms with Crippen molar-refractivity contribution in [3.63, 3.8) is 0 Å². The van der Waals surface area contributed by atoms with Crippen LogP contribution in [0.25, 0.3) is 0 Å². The maximum Gasteiger partial charge on any atom is 0.189 e. The van der Waals surface area contributed by atoms with E-state index in [-0.39, 0.29) is 12.4 Å². The summed E-state index contributed by atoms with van der Waals surface area (Å²) in [5.74, 6) is 1.19. The van der Waals surface area contributed by atoms with Crippen molar-refractivity contribution in [2.24, 2.45) is 0 Å². The fourth-order valence-electron chi connectivity index (χ4n) is 1.96. The average Bonchev–Trinajstić information content (AvgIpc) is 3.15. The molecule has 3 rings (SSSR count). The Morgan fingerprint density at radius 1 is 1.50 bits per heavy atom. The van der Waals surface area contributed by atoms with Crippen LogP contribution in [-0.2, 0) is 6.61 Å². The standard InChI is InChI=1S/C13H13BrN4O2/c1-8(19)11-5-2-9(14)6-12(11)20-7-13-15-16-17-18(13)10-3-4-10/h2,5-6,10H,3-4,7H2,1H3. The smallest absolute Gasteiger partial charge is 0.189 e. The molecule has 0 bridgehead atoms. The van der Waals surface area contributed by atoms with E-state index in [9.17, 15) is 4.79 Å². The molecule has 6 nitrogen and oxygen atoms in total. The van der Waals surface area contributed by atoms with Gasteiger partial charge in [0.1, 0.15) is 12.4 Å². The molecule has 0 unspecified atom stereocenters. The lowest BCUT2D eigenvalue weighted by Crippen LogP contribution is -2.08. The number of carbonyl (C=O) groups excluding carboxylic acids is 1. The van der Waals surface area contributed by atoms with Crippen LogP contribution in [0.1, 0.15) is 42.0 Å². The number of carbonyl (C=O) groups is 1. The second-order valence-corrected chi connectivity index (χ2v) is 5.67.